The minimum absolute atomic E-state index is 0.230. The van der Waals surface area contributed by atoms with E-state index in [1.807, 2.05) is 29.0 Å². The number of hydrogen-bond donors (Lipinski definition) is 1. The molecule has 2 nitrogen and oxygen atoms in total. The van der Waals surface area contributed by atoms with Gasteiger partial charge in [-0.3, -0.25) is 0 Å². The summed E-state index contributed by atoms with van der Waals surface area (Å²) in [6, 6.07) is 9.14. The van der Waals surface area contributed by atoms with Crippen LogP contribution in [0.5, 0.6) is 5.75 Å². The van der Waals surface area contributed by atoms with Crippen LogP contribution in [0.1, 0.15) is 0 Å². The van der Waals surface area contributed by atoms with Crippen LogP contribution in [0.4, 0.5) is 0 Å². The van der Waals surface area contributed by atoms with Crippen molar-refractivity contribution in [1.29, 1.82) is 0 Å². The third-order valence-corrected chi connectivity index (χ3v) is 2.99. The molecular weight excluding hydrogens is 208 g/mol. The molecule has 3 rings (SSSR count). The Morgan fingerprint density at radius 2 is 2.07 bits per heavy atom. The molecule has 1 N–H and O–H groups in total. The molecule has 0 aliphatic heterocycles. The molecule has 0 bridgehead atoms. The van der Waals surface area contributed by atoms with E-state index in [1.54, 1.807) is 23.5 Å². The van der Waals surface area contributed by atoms with Gasteiger partial charge in [-0.15, -0.1) is 0 Å². The number of thiophene rings is 1. The van der Waals surface area contributed by atoms with E-state index < -0.39 is 0 Å². The second-order valence-corrected chi connectivity index (χ2v) is 4.12. The van der Waals surface area contributed by atoms with E-state index >= 15 is 0 Å². The maximum absolute atomic E-state index is 9.31. The topological polar surface area (TPSA) is 33.4 Å². The Morgan fingerprint density at radius 3 is 2.87 bits per heavy atom. The number of phenolic OH excluding ortho intramolecular Hbond substituents is 1. The molecular formula is C12H8O2S. The Labute approximate surface area is 90.4 Å². The molecule has 0 saturated heterocycles. The summed E-state index contributed by atoms with van der Waals surface area (Å²) in [7, 11) is 0. The van der Waals surface area contributed by atoms with Crippen LogP contribution in [0.25, 0.3) is 22.3 Å². The van der Waals surface area contributed by atoms with Crippen molar-refractivity contribution < 1.29 is 9.52 Å². The number of furan rings is 1. The molecule has 0 unspecified atom stereocenters. The molecule has 0 radical (unpaired) electrons. The quantitative estimate of drug-likeness (QED) is 0.670. The summed E-state index contributed by atoms with van der Waals surface area (Å²) in [5, 5.41) is 14.4. The Kier molecular flexibility index (Phi) is 1.79. The fourth-order valence-corrected chi connectivity index (χ4v) is 2.21. The lowest BCUT2D eigenvalue weighted by atomic mass is 10.2. The average molecular weight is 216 g/mol. The molecule has 0 spiro atoms. The van der Waals surface area contributed by atoms with Gasteiger partial charge < -0.3 is 9.52 Å². The van der Waals surface area contributed by atoms with Crippen molar-refractivity contribution in [1.82, 2.24) is 0 Å². The van der Waals surface area contributed by atoms with E-state index in [-0.39, 0.29) is 5.75 Å². The normalized spacial score (nSPS) is 10.9. The van der Waals surface area contributed by atoms with Gasteiger partial charge in [0.2, 0.25) is 0 Å². The van der Waals surface area contributed by atoms with Crippen molar-refractivity contribution in [2.75, 3.05) is 0 Å². The van der Waals surface area contributed by atoms with Crippen molar-refractivity contribution in [3.63, 3.8) is 0 Å². The number of hydrogen-bond acceptors (Lipinski definition) is 3. The zero-order chi connectivity index (χ0) is 10.3. The predicted molar refractivity (Wildman–Crippen MR) is 61.2 cm³/mol. The molecule has 0 saturated carbocycles. The molecule has 74 valence electrons. The maximum Gasteiger partial charge on any atom is 0.138 e. The van der Waals surface area contributed by atoms with E-state index in [9.17, 15) is 5.11 Å². The Balaban J connectivity index is 2.22. The van der Waals surface area contributed by atoms with Crippen molar-refractivity contribution >= 4 is 22.3 Å². The molecule has 0 aliphatic rings. The van der Waals surface area contributed by atoms with Crippen LogP contribution in [0.3, 0.4) is 0 Å². The molecule has 0 aliphatic carbocycles. The van der Waals surface area contributed by atoms with Crippen LogP contribution in [0, 0.1) is 0 Å². The summed E-state index contributed by atoms with van der Waals surface area (Å²) < 4.78 is 5.64. The first-order valence-corrected chi connectivity index (χ1v) is 5.52. The largest absolute Gasteiger partial charge is 0.508 e. The summed E-state index contributed by atoms with van der Waals surface area (Å²) in [5.41, 5.74) is 1.80. The number of rotatable bonds is 1. The monoisotopic (exact) mass is 216 g/mol. The van der Waals surface area contributed by atoms with E-state index in [0.29, 0.717) is 0 Å². The summed E-state index contributed by atoms with van der Waals surface area (Å²) in [6.45, 7) is 0. The van der Waals surface area contributed by atoms with Gasteiger partial charge in [-0.05, 0) is 29.6 Å². The average Bonchev–Trinajstić information content (AvgIpc) is 2.84. The Hall–Kier alpha value is -1.74. The second-order valence-electron chi connectivity index (χ2n) is 3.34. The van der Waals surface area contributed by atoms with Crippen LogP contribution < -0.4 is 0 Å². The van der Waals surface area contributed by atoms with Gasteiger partial charge in [0, 0.05) is 22.4 Å². The fourth-order valence-electron chi connectivity index (χ4n) is 1.57. The minimum atomic E-state index is 0.230. The lowest BCUT2D eigenvalue weighted by molar-refractivity contribution is 0.474. The van der Waals surface area contributed by atoms with Gasteiger partial charge in [0.15, 0.2) is 0 Å². The van der Waals surface area contributed by atoms with Gasteiger partial charge >= 0.3 is 0 Å². The summed E-state index contributed by atoms with van der Waals surface area (Å²) in [6.07, 6.45) is 0. The van der Waals surface area contributed by atoms with Gasteiger partial charge in [-0.2, -0.15) is 11.3 Å². The number of aromatic hydroxyl groups is 1. The van der Waals surface area contributed by atoms with Crippen molar-refractivity contribution in [2.24, 2.45) is 0 Å². The zero-order valence-corrected chi connectivity index (χ0v) is 8.62. The lowest BCUT2D eigenvalue weighted by Crippen LogP contribution is -1.62. The minimum Gasteiger partial charge on any atom is -0.508 e. The highest BCUT2D eigenvalue weighted by Gasteiger charge is 2.06. The Bertz CT molecular complexity index is 593. The standard InChI is InChI=1S/C12H8O2S/c13-10-2-1-8-5-11(14-12(8)6-10)9-3-4-15-7-9/h1-7,13H. The Morgan fingerprint density at radius 1 is 1.13 bits per heavy atom. The van der Waals surface area contributed by atoms with Crippen molar-refractivity contribution in [3.8, 4) is 17.1 Å². The molecule has 0 atom stereocenters. The smallest absolute Gasteiger partial charge is 0.138 e. The third-order valence-electron chi connectivity index (χ3n) is 2.31. The van der Waals surface area contributed by atoms with Crippen molar-refractivity contribution in [2.45, 2.75) is 0 Å². The maximum atomic E-state index is 9.31. The molecule has 15 heavy (non-hydrogen) atoms. The highest BCUT2D eigenvalue weighted by molar-refractivity contribution is 7.08. The SMILES string of the molecule is Oc1ccc2cc(-c3ccsc3)oc2c1. The lowest BCUT2D eigenvalue weighted by Gasteiger charge is -1.89. The first-order valence-electron chi connectivity index (χ1n) is 4.58. The van der Waals surface area contributed by atoms with E-state index in [0.717, 1.165) is 22.3 Å². The van der Waals surface area contributed by atoms with Gasteiger partial charge in [-0.1, -0.05) is 0 Å². The molecule has 3 heteroatoms. The second kappa shape index (κ2) is 3.14. The van der Waals surface area contributed by atoms with E-state index in [1.165, 1.54) is 0 Å². The first kappa shape index (κ1) is 8.56. The summed E-state index contributed by atoms with van der Waals surface area (Å²) in [4.78, 5) is 0. The van der Waals surface area contributed by atoms with Gasteiger partial charge in [-0.25, -0.2) is 0 Å². The summed E-state index contributed by atoms with van der Waals surface area (Å²) in [5.74, 6) is 1.07. The van der Waals surface area contributed by atoms with Crippen LogP contribution in [-0.4, -0.2) is 5.11 Å². The molecule has 3 aromatic rings. The molecule has 2 heterocycles. The van der Waals surface area contributed by atoms with Crippen LogP contribution in [0.15, 0.2) is 45.5 Å². The van der Waals surface area contributed by atoms with Crippen LogP contribution >= 0.6 is 11.3 Å². The molecule has 2 aromatic heterocycles. The molecule has 1 aromatic carbocycles. The summed E-state index contributed by atoms with van der Waals surface area (Å²) >= 11 is 1.64. The fraction of sp³-hybridized carbons (Fsp3) is 0. The zero-order valence-electron chi connectivity index (χ0n) is 7.81. The highest BCUT2D eigenvalue weighted by Crippen LogP contribution is 2.30. The predicted octanol–water partition coefficient (Wildman–Crippen LogP) is 3.87. The number of benzene rings is 1. The van der Waals surface area contributed by atoms with Crippen molar-refractivity contribution in [3.05, 3.63) is 41.1 Å². The molecule has 0 fully saturated rings. The highest BCUT2D eigenvalue weighted by atomic mass is 32.1. The van der Waals surface area contributed by atoms with Crippen LogP contribution in [0.2, 0.25) is 0 Å². The third kappa shape index (κ3) is 1.41. The van der Waals surface area contributed by atoms with Gasteiger partial charge in [0.05, 0.1) is 0 Å². The van der Waals surface area contributed by atoms with E-state index in [2.05, 4.69) is 0 Å². The van der Waals surface area contributed by atoms with Crippen LogP contribution in [-0.2, 0) is 0 Å². The number of fused-ring (bicyclic) bond motifs is 1. The van der Waals surface area contributed by atoms with E-state index in [4.69, 9.17) is 4.42 Å². The first-order chi connectivity index (χ1) is 7.33. The van der Waals surface area contributed by atoms with Gasteiger partial charge in [0.1, 0.15) is 17.1 Å². The van der Waals surface area contributed by atoms with Gasteiger partial charge in [0.25, 0.3) is 0 Å². The molecule has 0 amide bonds. The number of phenols is 1.